The predicted molar refractivity (Wildman–Crippen MR) is 77.1 cm³/mol. The summed E-state index contributed by atoms with van der Waals surface area (Å²) in [5, 5.41) is 9.03. The zero-order valence-electron chi connectivity index (χ0n) is 12.0. The van der Waals surface area contributed by atoms with Crippen molar-refractivity contribution in [3.8, 4) is 0 Å². The average molecular weight is 308 g/mol. The standard InChI is InChI=1S/C14H18ClN5O/c1-19-12(11(15)6-16-19)8-20-5-4-10(7-20)14-17-13(18-21-14)9-2-3-9/h6,9-10H,2-5,7-8H2,1H3. The monoisotopic (exact) mass is 307 g/mol. The Morgan fingerprint density at radius 2 is 2.19 bits per heavy atom. The van der Waals surface area contributed by atoms with E-state index in [1.807, 2.05) is 11.7 Å². The molecule has 0 bridgehead atoms. The Kier molecular flexibility index (Phi) is 3.23. The second-order valence-corrected chi connectivity index (χ2v) is 6.46. The minimum atomic E-state index is 0.344. The second-order valence-electron chi connectivity index (χ2n) is 6.05. The Bertz CT molecular complexity index is 628. The molecule has 2 aliphatic rings. The zero-order valence-corrected chi connectivity index (χ0v) is 12.8. The molecule has 1 aliphatic carbocycles. The van der Waals surface area contributed by atoms with Gasteiger partial charge in [0.1, 0.15) is 0 Å². The molecule has 1 saturated carbocycles. The third-order valence-corrected chi connectivity index (χ3v) is 4.72. The molecule has 112 valence electrons. The van der Waals surface area contributed by atoms with Gasteiger partial charge < -0.3 is 4.52 Å². The van der Waals surface area contributed by atoms with Crippen LogP contribution in [-0.4, -0.2) is 37.9 Å². The van der Waals surface area contributed by atoms with Crippen molar-refractivity contribution in [2.24, 2.45) is 7.05 Å². The summed E-state index contributed by atoms with van der Waals surface area (Å²) in [4.78, 5) is 6.94. The van der Waals surface area contributed by atoms with E-state index in [4.69, 9.17) is 16.1 Å². The Balaban J connectivity index is 1.42. The summed E-state index contributed by atoms with van der Waals surface area (Å²) < 4.78 is 7.29. The molecule has 2 aromatic heterocycles. The first-order valence-corrected chi connectivity index (χ1v) is 7.80. The van der Waals surface area contributed by atoms with Gasteiger partial charge in [-0.15, -0.1) is 0 Å². The van der Waals surface area contributed by atoms with E-state index >= 15 is 0 Å². The third-order valence-electron chi connectivity index (χ3n) is 4.41. The van der Waals surface area contributed by atoms with E-state index in [1.165, 1.54) is 12.8 Å². The van der Waals surface area contributed by atoms with Crippen molar-refractivity contribution in [2.45, 2.75) is 37.6 Å². The molecule has 1 aliphatic heterocycles. The van der Waals surface area contributed by atoms with Crippen LogP contribution in [0.1, 0.15) is 48.5 Å². The fourth-order valence-corrected chi connectivity index (χ4v) is 3.15. The number of aromatic nitrogens is 4. The Morgan fingerprint density at radius 1 is 1.33 bits per heavy atom. The zero-order chi connectivity index (χ0) is 14.4. The summed E-state index contributed by atoms with van der Waals surface area (Å²) in [5.74, 6) is 2.60. The van der Waals surface area contributed by atoms with Crippen LogP contribution in [0.25, 0.3) is 0 Å². The van der Waals surface area contributed by atoms with Crippen LogP contribution in [0.15, 0.2) is 10.7 Å². The highest BCUT2D eigenvalue weighted by molar-refractivity contribution is 6.31. The van der Waals surface area contributed by atoms with E-state index in [0.29, 0.717) is 11.8 Å². The number of hydrogen-bond acceptors (Lipinski definition) is 5. The van der Waals surface area contributed by atoms with E-state index in [2.05, 4.69) is 20.1 Å². The highest BCUT2D eigenvalue weighted by Gasteiger charge is 2.33. The largest absolute Gasteiger partial charge is 0.339 e. The fraction of sp³-hybridized carbons (Fsp3) is 0.643. The van der Waals surface area contributed by atoms with Crippen molar-refractivity contribution >= 4 is 11.6 Å². The average Bonchev–Trinajstić information content (AvgIpc) is 2.91. The maximum absolute atomic E-state index is 6.17. The molecule has 0 aromatic carbocycles. The highest BCUT2D eigenvalue weighted by Crippen LogP contribution is 2.39. The molecule has 2 fully saturated rings. The van der Waals surface area contributed by atoms with Gasteiger partial charge in [0.25, 0.3) is 0 Å². The first-order valence-electron chi connectivity index (χ1n) is 7.43. The molecule has 6 nitrogen and oxygen atoms in total. The SMILES string of the molecule is Cn1ncc(Cl)c1CN1CCC(c2nc(C3CC3)no2)C1. The molecule has 3 heterocycles. The lowest BCUT2D eigenvalue weighted by molar-refractivity contribution is 0.302. The molecule has 1 unspecified atom stereocenters. The molecule has 1 atom stereocenters. The Labute approximate surface area is 128 Å². The molecule has 7 heteroatoms. The van der Waals surface area contributed by atoms with Crippen molar-refractivity contribution in [3.63, 3.8) is 0 Å². The Hall–Kier alpha value is -1.40. The van der Waals surface area contributed by atoms with Crippen molar-refractivity contribution in [3.05, 3.63) is 28.6 Å². The van der Waals surface area contributed by atoms with Gasteiger partial charge in [-0.3, -0.25) is 9.58 Å². The molecule has 4 rings (SSSR count). The van der Waals surface area contributed by atoms with Gasteiger partial charge in [-0.1, -0.05) is 16.8 Å². The van der Waals surface area contributed by atoms with Gasteiger partial charge >= 0.3 is 0 Å². The molecule has 0 radical (unpaired) electrons. The summed E-state index contributed by atoms with van der Waals surface area (Å²) in [6.07, 6.45) is 5.16. The molecule has 2 aromatic rings. The lowest BCUT2D eigenvalue weighted by atomic mass is 10.1. The van der Waals surface area contributed by atoms with Crippen LogP contribution in [0, 0.1) is 0 Å². The molecule has 0 spiro atoms. The minimum Gasteiger partial charge on any atom is -0.339 e. The summed E-state index contributed by atoms with van der Waals surface area (Å²) in [6.45, 7) is 2.77. The van der Waals surface area contributed by atoms with E-state index < -0.39 is 0 Å². The summed E-state index contributed by atoms with van der Waals surface area (Å²) in [7, 11) is 1.93. The molecular weight excluding hydrogens is 290 g/mol. The number of aryl methyl sites for hydroxylation is 1. The Morgan fingerprint density at radius 3 is 2.90 bits per heavy atom. The van der Waals surface area contributed by atoms with Crippen LogP contribution in [0.2, 0.25) is 5.02 Å². The normalized spacial score (nSPS) is 23.0. The molecule has 0 N–H and O–H groups in total. The van der Waals surface area contributed by atoms with Gasteiger partial charge in [0.15, 0.2) is 5.82 Å². The summed E-state index contributed by atoms with van der Waals surface area (Å²) in [5.41, 5.74) is 1.06. The number of nitrogens with zero attached hydrogens (tertiary/aromatic N) is 5. The summed E-state index contributed by atoms with van der Waals surface area (Å²) in [6, 6.07) is 0. The van der Waals surface area contributed by atoms with Crippen LogP contribution in [-0.2, 0) is 13.6 Å². The number of rotatable bonds is 4. The quantitative estimate of drug-likeness (QED) is 0.867. The van der Waals surface area contributed by atoms with Crippen LogP contribution in [0.3, 0.4) is 0 Å². The lowest BCUT2D eigenvalue weighted by Gasteiger charge is -2.15. The highest BCUT2D eigenvalue weighted by atomic mass is 35.5. The molecule has 0 amide bonds. The molecule has 1 saturated heterocycles. The molecular formula is C14H18ClN5O. The van der Waals surface area contributed by atoms with E-state index in [0.717, 1.165) is 48.5 Å². The number of hydrogen-bond donors (Lipinski definition) is 0. The number of likely N-dealkylation sites (tertiary alicyclic amines) is 1. The summed E-state index contributed by atoms with van der Waals surface area (Å²) >= 11 is 6.17. The first kappa shape index (κ1) is 13.3. The van der Waals surface area contributed by atoms with Crippen LogP contribution < -0.4 is 0 Å². The van der Waals surface area contributed by atoms with Crippen LogP contribution in [0.4, 0.5) is 0 Å². The van der Waals surface area contributed by atoms with Gasteiger partial charge in [-0.2, -0.15) is 10.1 Å². The third kappa shape index (κ3) is 2.58. The van der Waals surface area contributed by atoms with Gasteiger partial charge in [-0.05, 0) is 25.8 Å². The lowest BCUT2D eigenvalue weighted by Crippen LogP contribution is -2.21. The number of halogens is 1. The van der Waals surface area contributed by atoms with E-state index in [1.54, 1.807) is 6.20 Å². The van der Waals surface area contributed by atoms with E-state index in [9.17, 15) is 0 Å². The van der Waals surface area contributed by atoms with Gasteiger partial charge in [0, 0.05) is 26.1 Å². The fourth-order valence-electron chi connectivity index (χ4n) is 2.92. The van der Waals surface area contributed by atoms with Crippen molar-refractivity contribution in [2.75, 3.05) is 13.1 Å². The maximum atomic E-state index is 6.17. The predicted octanol–water partition coefficient (Wildman–Crippen LogP) is 2.32. The minimum absolute atomic E-state index is 0.344. The van der Waals surface area contributed by atoms with Gasteiger partial charge in [0.05, 0.1) is 22.8 Å². The smallest absolute Gasteiger partial charge is 0.231 e. The second kappa shape index (κ2) is 5.10. The van der Waals surface area contributed by atoms with Crippen LogP contribution >= 0.6 is 11.6 Å². The maximum Gasteiger partial charge on any atom is 0.231 e. The van der Waals surface area contributed by atoms with Crippen molar-refractivity contribution in [1.29, 1.82) is 0 Å². The van der Waals surface area contributed by atoms with Gasteiger partial charge in [-0.25, -0.2) is 0 Å². The van der Waals surface area contributed by atoms with Crippen molar-refractivity contribution in [1.82, 2.24) is 24.8 Å². The van der Waals surface area contributed by atoms with Gasteiger partial charge in [0.2, 0.25) is 5.89 Å². The first-order chi connectivity index (χ1) is 10.2. The van der Waals surface area contributed by atoms with Crippen molar-refractivity contribution < 1.29 is 4.52 Å². The van der Waals surface area contributed by atoms with Crippen LogP contribution in [0.5, 0.6) is 0 Å². The van der Waals surface area contributed by atoms with E-state index in [-0.39, 0.29) is 0 Å². The topological polar surface area (TPSA) is 60.0 Å². The molecule has 21 heavy (non-hydrogen) atoms.